The van der Waals surface area contributed by atoms with Crippen LogP contribution >= 0.6 is 11.8 Å². The SMILES string of the molecule is CCn1c(SCC(=O)Nc2cccc(C)c2)nnc1[C@@H](NC(=O)c1ccc(C)cc1)C(C)C. The van der Waals surface area contributed by atoms with Gasteiger partial charge in [-0.1, -0.05) is 55.4 Å². The van der Waals surface area contributed by atoms with Crippen LogP contribution in [0.4, 0.5) is 5.69 Å². The summed E-state index contributed by atoms with van der Waals surface area (Å²) in [6.45, 7) is 10.7. The van der Waals surface area contributed by atoms with E-state index in [2.05, 4.69) is 20.8 Å². The minimum atomic E-state index is -0.304. The van der Waals surface area contributed by atoms with Crippen molar-refractivity contribution in [1.29, 1.82) is 0 Å². The van der Waals surface area contributed by atoms with Gasteiger partial charge in [0.1, 0.15) is 0 Å². The number of benzene rings is 2. The molecule has 0 radical (unpaired) electrons. The van der Waals surface area contributed by atoms with Crippen molar-refractivity contribution in [1.82, 2.24) is 20.1 Å². The van der Waals surface area contributed by atoms with Crippen molar-refractivity contribution in [2.75, 3.05) is 11.1 Å². The molecule has 0 aliphatic carbocycles. The average molecular weight is 466 g/mol. The van der Waals surface area contributed by atoms with Gasteiger partial charge in [-0.2, -0.15) is 0 Å². The Balaban J connectivity index is 1.70. The molecule has 0 saturated heterocycles. The Morgan fingerprint density at radius 3 is 2.39 bits per heavy atom. The van der Waals surface area contributed by atoms with Gasteiger partial charge in [-0.25, -0.2) is 0 Å². The summed E-state index contributed by atoms with van der Waals surface area (Å²) in [5, 5.41) is 15.4. The summed E-state index contributed by atoms with van der Waals surface area (Å²) in [4.78, 5) is 25.3. The zero-order valence-corrected chi connectivity index (χ0v) is 20.6. The second-order valence-electron chi connectivity index (χ2n) is 8.35. The molecule has 3 aromatic rings. The second-order valence-corrected chi connectivity index (χ2v) is 9.30. The smallest absolute Gasteiger partial charge is 0.251 e. The zero-order chi connectivity index (χ0) is 24.0. The number of aryl methyl sites for hydroxylation is 2. The lowest BCUT2D eigenvalue weighted by Crippen LogP contribution is -2.33. The van der Waals surface area contributed by atoms with Crippen LogP contribution in [0.1, 0.15) is 54.1 Å². The van der Waals surface area contributed by atoms with Gasteiger partial charge in [0.2, 0.25) is 5.91 Å². The van der Waals surface area contributed by atoms with E-state index < -0.39 is 0 Å². The average Bonchev–Trinajstić information content (AvgIpc) is 3.18. The molecule has 174 valence electrons. The third-order valence-electron chi connectivity index (χ3n) is 5.24. The Bertz CT molecular complexity index is 1110. The summed E-state index contributed by atoms with van der Waals surface area (Å²) in [5.41, 5.74) is 3.57. The van der Waals surface area contributed by atoms with Crippen molar-refractivity contribution in [3.63, 3.8) is 0 Å². The Morgan fingerprint density at radius 2 is 1.76 bits per heavy atom. The van der Waals surface area contributed by atoms with E-state index in [9.17, 15) is 9.59 Å². The quantitative estimate of drug-likeness (QED) is 0.444. The van der Waals surface area contributed by atoms with Gasteiger partial charge >= 0.3 is 0 Å². The number of carbonyl (C=O) groups is 2. The van der Waals surface area contributed by atoms with Gasteiger partial charge in [0, 0.05) is 17.8 Å². The highest BCUT2D eigenvalue weighted by molar-refractivity contribution is 7.99. The van der Waals surface area contributed by atoms with E-state index in [1.54, 1.807) is 0 Å². The van der Waals surface area contributed by atoms with Gasteiger partial charge in [0.25, 0.3) is 5.91 Å². The first-order chi connectivity index (χ1) is 15.8. The van der Waals surface area contributed by atoms with Gasteiger partial charge in [-0.15, -0.1) is 10.2 Å². The molecule has 0 unspecified atom stereocenters. The Kier molecular flexibility index (Phi) is 8.27. The van der Waals surface area contributed by atoms with E-state index in [1.807, 2.05) is 87.7 Å². The van der Waals surface area contributed by atoms with Crippen LogP contribution in [0.25, 0.3) is 0 Å². The molecule has 2 aromatic carbocycles. The van der Waals surface area contributed by atoms with Crippen molar-refractivity contribution in [3.8, 4) is 0 Å². The molecule has 0 aliphatic heterocycles. The van der Waals surface area contributed by atoms with E-state index in [-0.39, 0.29) is 29.5 Å². The van der Waals surface area contributed by atoms with Crippen LogP contribution in [0.2, 0.25) is 0 Å². The normalized spacial score (nSPS) is 11.9. The Morgan fingerprint density at radius 1 is 1.03 bits per heavy atom. The molecule has 0 bridgehead atoms. The number of aromatic nitrogens is 3. The first-order valence-corrected chi connectivity index (χ1v) is 12.1. The fourth-order valence-corrected chi connectivity index (χ4v) is 4.25. The molecule has 1 heterocycles. The van der Waals surface area contributed by atoms with E-state index in [0.29, 0.717) is 23.1 Å². The lowest BCUT2D eigenvalue weighted by Gasteiger charge is -2.22. The predicted octanol–water partition coefficient (Wildman–Crippen LogP) is 4.77. The Labute approximate surface area is 199 Å². The maximum atomic E-state index is 12.8. The van der Waals surface area contributed by atoms with Crippen LogP contribution in [-0.4, -0.2) is 32.3 Å². The fraction of sp³-hybridized carbons (Fsp3) is 0.360. The standard InChI is InChI=1S/C25H31N5O2S/c1-6-30-23(22(16(2)3)27-24(32)19-12-10-17(4)11-13-19)28-29-25(30)33-15-21(31)26-20-9-7-8-18(5)14-20/h7-14,16,22H,6,15H2,1-5H3,(H,26,31)(H,27,32)/t22-/m0/s1. The van der Waals surface area contributed by atoms with Crippen molar-refractivity contribution < 1.29 is 9.59 Å². The predicted molar refractivity (Wildman–Crippen MR) is 132 cm³/mol. The first-order valence-electron chi connectivity index (χ1n) is 11.1. The highest BCUT2D eigenvalue weighted by Gasteiger charge is 2.26. The molecule has 1 aromatic heterocycles. The van der Waals surface area contributed by atoms with E-state index in [1.165, 1.54) is 11.8 Å². The lowest BCUT2D eigenvalue weighted by atomic mass is 10.0. The molecule has 7 nitrogen and oxygen atoms in total. The summed E-state index contributed by atoms with van der Waals surface area (Å²) in [5.74, 6) is 0.761. The molecule has 2 N–H and O–H groups in total. The molecule has 2 amide bonds. The third kappa shape index (κ3) is 6.44. The van der Waals surface area contributed by atoms with Crippen LogP contribution in [0.5, 0.6) is 0 Å². The number of hydrogen-bond acceptors (Lipinski definition) is 5. The third-order valence-corrected chi connectivity index (χ3v) is 6.21. The highest BCUT2D eigenvalue weighted by atomic mass is 32.2. The highest BCUT2D eigenvalue weighted by Crippen LogP contribution is 2.26. The molecule has 0 aliphatic rings. The van der Waals surface area contributed by atoms with Crippen LogP contribution in [0, 0.1) is 19.8 Å². The van der Waals surface area contributed by atoms with Crippen LogP contribution in [-0.2, 0) is 11.3 Å². The number of thioether (sulfide) groups is 1. The van der Waals surface area contributed by atoms with Gasteiger partial charge in [0.15, 0.2) is 11.0 Å². The Hall–Kier alpha value is -3.13. The number of nitrogens with one attached hydrogen (secondary N) is 2. The van der Waals surface area contributed by atoms with Crippen molar-refractivity contribution in [2.24, 2.45) is 5.92 Å². The number of anilines is 1. The van der Waals surface area contributed by atoms with E-state index >= 15 is 0 Å². The maximum absolute atomic E-state index is 12.8. The number of carbonyl (C=O) groups excluding carboxylic acids is 2. The topological polar surface area (TPSA) is 88.9 Å². The van der Waals surface area contributed by atoms with Gasteiger partial charge in [-0.05, 0) is 56.5 Å². The molecule has 33 heavy (non-hydrogen) atoms. The van der Waals surface area contributed by atoms with Gasteiger partial charge in [-0.3, -0.25) is 9.59 Å². The summed E-state index contributed by atoms with van der Waals surface area (Å²) in [7, 11) is 0. The monoisotopic (exact) mass is 465 g/mol. The molecule has 0 spiro atoms. The molecular formula is C25H31N5O2S. The fourth-order valence-electron chi connectivity index (χ4n) is 3.44. The molecular weight excluding hydrogens is 434 g/mol. The summed E-state index contributed by atoms with van der Waals surface area (Å²) < 4.78 is 1.96. The summed E-state index contributed by atoms with van der Waals surface area (Å²) in [6.07, 6.45) is 0. The minimum absolute atomic E-state index is 0.106. The van der Waals surface area contributed by atoms with Crippen LogP contribution < -0.4 is 10.6 Å². The second kappa shape index (κ2) is 11.1. The summed E-state index contributed by atoms with van der Waals surface area (Å²) in [6, 6.07) is 14.9. The van der Waals surface area contributed by atoms with E-state index in [4.69, 9.17) is 0 Å². The lowest BCUT2D eigenvalue weighted by molar-refractivity contribution is -0.113. The van der Waals surface area contributed by atoms with Crippen LogP contribution in [0.3, 0.4) is 0 Å². The van der Waals surface area contributed by atoms with Crippen molar-refractivity contribution in [3.05, 3.63) is 71.0 Å². The number of amides is 2. The number of hydrogen-bond donors (Lipinski definition) is 2. The van der Waals surface area contributed by atoms with Gasteiger partial charge < -0.3 is 15.2 Å². The minimum Gasteiger partial charge on any atom is -0.342 e. The number of nitrogens with zero attached hydrogens (tertiary/aromatic N) is 3. The van der Waals surface area contributed by atoms with Crippen molar-refractivity contribution in [2.45, 2.75) is 52.4 Å². The zero-order valence-electron chi connectivity index (χ0n) is 19.8. The van der Waals surface area contributed by atoms with Crippen LogP contribution in [0.15, 0.2) is 53.7 Å². The molecule has 0 saturated carbocycles. The molecule has 0 fully saturated rings. The maximum Gasteiger partial charge on any atom is 0.251 e. The molecule has 3 rings (SSSR count). The van der Waals surface area contributed by atoms with E-state index in [0.717, 1.165) is 16.8 Å². The summed E-state index contributed by atoms with van der Waals surface area (Å²) >= 11 is 1.33. The number of rotatable bonds is 9. The molecule has 1 atom stereocenters. The van der Waals surface area contributed by atoms with Crippen molar-refractivity contribution >= 4 is 29.3 Å². The van der Waals surface area contributed by atoms with Gasteiger partial charge in [0.05, 0.1) is 11.8 Å². The largest absolute Gasteiger partial charge is 0.342 e. The molecule has 8 heteroatoms. The first kappa shape index (κ1) is 24.5.